The number of nitrogens with one attached hydrogen (secondary N) is 3. The highest BCUT2D eigenvalue weighted by Gasteiger charge is 2.28. The minimum absolute atomic E-state index is 0.0272. The number of guanidine groups is 1. The van der Waals surface area contributed by atoms with Crippen LogP contribution in [0, 0.1) is 5.41 Å². The average Bonchev–Trinajstić information content (AvgIpc) is 3.28. The lowest BCUT2D eigenvalue weighted by Gasteiger charge is -2.28. The summed E-state index contributed by atoms with van der Waals surface area (Å²) in [5.74, 6) is 0.762. The van der Waals surface area contributed by atoms with Crippen molar-refractivity contribution in [3.05, 3.63) is 40.7 Å². The molecule has 0 fully saturated rings. The highest BCUT2D eigenvalue weighted by atomic mass is 35.5. The average molecular weight is 520 g/mol. The SMILES string of the molecule is CNc1nc(N)c(C(=O)NC2=NCC(CC(C)(C)CCc3ccc(OCC(O)CO)cc3)N2)nc1Cl. The Hall–Kier alpha value is -3.15. The molecular formula is C24H34ClN7O4. The highest BCUT2D eigenvalue weighted by Crippen LogP contribution is 2.30. The Labute approximate surface area is 215 Å². The van der Waals surface area contributed by atoms with E-state index in [1.807, 2.05) is 24.3 Å². The Bertz CT molecular complexity index is 1080. The number of hydrogen-bond acceptors (Lipinski definition) is 10. The van der Waals surface area contributed by atoms with Gasteiger partial charge in [0.1, 0.15) is 18.5 Å². The molecular weight excluding hydrogens is 486 g/mol. The van der Waals surface area contributed by atoms with Crippen molar-refractivity contribution in [2.45, 2.75) is 45.3 Å². The number of nitrogens with zero attached hydrogens (tertiary/aromatic N) is 3. The van der Waals surface area contributed by atoms with E-state index in [9.17, 15) is 9.90 Å². The number of carbonyl (C=O) groups is 1. The molecule has 2 aromatic rings. The van der Waals surface area contributed by atoms with Crippen LogP contribution < -0.4 is 26.4 Å². The molecule has 0 aliphatic carbocycles. The zero-order valence-corrected chi connectivity index (χ0v) is 21.5. The molecule has 0 bridgehead atoms. The van der Waals surface area contributed by atoms with Gasteiger partial charge < -0.3 is 31.3 Å². The van der Waals surface area contributed by atoms with Crippen molar-refractivity contribution in [3.8, 4) is 5.75 Å². The number of aliphatic imine (C=N–C) groups is 1. The zero-order chi connectivity index (χ0) is 26.3. The smallest absolute Gasteiger partial charge is 0.280 e. The minimum Gasteiger partial charge on any atom is -0.491 e. The predicted octanol–water partition coefficient (Wildman–Crippen LogP) is 1.59. The van der Waals surface area contributed by atoms with E-state index in [1.165, 1.54) is 5.56 Å². The van der Waals surface area contributed by atoms with Crippen LogP contribution in [0.5, 0.6) is 5.75 Å². The lowest BCUT2D eigenvalue weighted by Crippen LogP contribution is -2.43. The number of carbonyl (C=O) groups excluding carboxylic acids is 1. The van der Waals surface area contributed by atoms with Crippen LogP contribution in [-0.4, -0.2) is 71.0 Å². The van der Waals surface area contributed by atoms with Gasteiger partial charge in [0, 0.05) is 13.1 Å². The standard InChI is InChI=1S/C24H34ClN7O4/c1-24(2,9-8-14-4-6-17(7-5-14)36-13-16(34)12-33)10-15-11-28-23(29-15)32-22(35)18-20(26)31-21(27-3)19(25)30-18/h4-7,15-16,33-34H,8-13H2,1-3H3,(H3,26,27,31)(H2,28,29,32,35). The first-order chi connectivity index (χ1) is 17.1. The van der Waals surface area contributed by atoms with E-state index in [0.717, 1.165) is 19.3 Å². The number of hydrogen-bond donors (Lipinski definition) is 6. The van der Waals surface area contributed by atoms with Gasteiger partial charge in [0.15, 0.2) is 28.4 Å². The monoisotopic (exact) mass is 519 g/mol. The van der Waals surface area contributed by atoms with Crippen molar-refractivity contribution in [3.63, 3.8) is 0 Å². The topological polar surface area (TPSA) is 167 Å². The fraction of sp³-hybridized carbons (Fsp3) is 0.500. The van der Waals surface area contributed by atoms with Crippen LogP contribution in [0.25, 0.3) is 0 Å². The number of aromatic nitrogens is 2. The van der Waals surface area contributed by atoms with E-state index in [1.54, 1.807) is 7.05 Å². The van der Waals surface area contributed by atoms with Crippen LogP contribution in [0.15, 0.2) is 29.3 Å². The zero-order valence-electron chi connectivity index (χ0n) is 20.7. The lowest BCUT2D eigenvalue weighted by molar-refractivity contribution is 0.0536. The van der Waals surface area contributed by atoms with Gasteiger partial charge in [0.25, 0.3) is 5.91 Å². The number of rotatable bonds is 11. The maximum Gasteiger partial charge on any atom is 0.280 e. The molecule has 1 aromatic carbocycles. The van der Waals surface area contributed by atoms with Gasteiger partial charge >= 0.3 is 0 Å². The summed E-state index contributed by atoms with van der Waals surface area (Å²) in [7, 11) is 1.63. The van der Waals surface area contributed by atoms with Gasteiger partial charge in [-0.25, -0.2) is 9.97 Å². The second kappa shape index (κ2) is 12.2. The third-order valence-electron chi connectivity index (χ3n) is 5.84. The molecule has 11 nitrogen and oxygen atoms in total. The molecule has 0 saturated heterocycles. The Balaban J connectivity index is 1.46. The third kappa shape index (κ3) is 7.67. The third-order valence-corrected chi connectivity index (χ3v) is 6.10. The Morgan fingerprint density at radius 3 is 2.72 bits per heavy atom. The molecule has 12 heteroatoms. The number of ether oxygens (including phenoxy) is 1. The number of aryl methyl sites for hydroxylation is 1. The first-order valence-corrected chi connectivity index (χ1v) is 12.1. The van der Waals surface area contributed by atoms with Crippen LogP contribution in [0.1, 0.15) is 42.7 Å². The van der Waals surface area contributed by atoms with Gasteiger partial charge in [-0.15, -0.1) is 0 Å². The molecule has 1 aliphatic heterocycles. The van der Waals surface area contributed by atoms with Crippen molar-refractivity contribution in [1.29, 1.82) is 0 Å². The minimum atomic E-state index is -0.886. The molecule has 7 N–H and O–H groups in total. The summed E-state index contributed by atoms with van der Waals surface area (Å²) in [6.45, 7) is 4.69. The molecule has 3 rings (SSSR count). The quantitative estimate of drug-likeness (QED) is 0.258. The summed E-state index contributed by atoms with van der Waals surface area (Å²) < 4.78 is 5.45. The van der Waals surface area contributed by atoms with E-state index in [2.05, 4.69) is 44.8 Å². The molecule has 0 spiro atoms. The summed E-state index contributed by atoms with van der Waals surface area (Å²) in [4.78, 5) is 25.1. The molecule has 196 valence electrons. The second-order valence-corrected chi connectivity index (χ2v) is 9.85. The maximum absolute atomic E-state index is 12.6. The number of benzene rings is 1. The maximum atomic E-state index is 12.6. The second-order valence-electron chi connectivity index (χ2n) is 9.49. The Morgan fingerprint density at radius 1 is 1.33 bits per heavy atom. The van der Waals surface area contributed by atoms with E-state index >= 15 is 0 Å². The molecule has 1 aliphatic rings. The van der Waals surface area contributed by atoms with Crippen LogP contribution >= 0.6 is 11.6 Å². The predicted molar refractivity (Wildman–Crippen MR) is 139 cm³/mol. The van der Waals surface area contributed by atoms with Crippen LogP contribution in [0.2, 0.25) is 5.15 Å². The van der Waals surface area contributed by atoms with E-state index < -0.39 is 12.0 Å². The molecule has 2 heterocycles. The van der Waals surface area contributed by atoms with Crippen molar-refractivity contribution in [1.82, 2.24) is 20.6 Å². The first kappa shape index (κ1) is 27.4. The lowest BCUT2D eigenvalue weighted by atomic mass is 9.80. The largest absolute Gasteiger partial charge is 0.491 e. The molecule has 36 heavy (non-hydrogen) atoms. The molecule has 0 saturated carbocycles. The summed E-state index contributed by atoms with van der Waals surface area (Å²) in [5, 5.41) is 27.0. The van der Waals surface area contributed by atoms with E-state index in [-0.39, 0.29) is 41.3 Å². The van der Waals surface area contributed by atoms with Crippen molar-refractivity contribution in [2.75, 3.05) is 37.9 Å². The number of halogens is 1. The van der Waals surface area contributed by atoms with Crippen molar-refractivity contribution < 1.29 is 19.7 Å². The molecule has 1 aromatic heterocycles. The van der Waals surface area contributed by atoms with Gasteiger partial charge in [-0.2, -0.15) is 0 Å². The first-order valence-electron chi connectivity index (χ1n) is 11.7. The normalized spacial score (nSPS) is 16.2. The number of nitrogens with two attached hydrogens (primary N) is 1. The Kier molecular flexibility index (Phi) is 9.30. The van der Waals surface area contributed by atoms with Crippen molar-refractivity contribution >= 4 is 35.1 Å². The Morgan fingerprint density at radius 2 is 2.06 bits per heavy atom. The molecule has 1 amide bonds. The van der Waals surface area contributed by atoms with Crippen molar-refractivity contribution in [2.24, 2.45) is 10.4 Å². The summed E-state index contributed by atoms with van der Waals surface area (Å²) in [6.07, 6.45) is 1.83. The summed E-state index contributed by atoms with van der Waals surface area (Å²) >= 11 is 6.03. The molecule has 0 radical (unpaired) electrons. The number of amides is 1. The van der Waals surface area contributed by atoms with Gasteiger partial charge in [-0.3, -0.25) is 15.1 Å². The van der Waals surface area contributed by atoms with E-state index in [4.69, 9.17) is 27.2 Å². The number of aliphatic hydroxyl groups is 2. The van der Waals surface area contributed by atoms with Crippen LogP contribution in [0.4, 0.5) is 11.6 Å². The summed E-state index contributed by atoms with van der Waals surface area (Å²) in [6, 6.07) is 7.83. The number of aliphatic hydroxyl groups excluding tert-OH is 2. The molecule has 2 unspecified atom stereocenters. The van der Waals surface area contributed by atoms with Gasteiger partial charge in [0.05, 0.1) is 13.2 Å². The van der Waals surface area contributed by atoms with Crippen LogP contribution in [0.3, 0.4) is 0 Å². The molecule has 2 atom stereocenters. The fourth-order valence-electron chi connectivity index (χ4n) is 3.85. The van der Waals surface area contributed by atoms with Gasteiger partial charge in [-0.1, -0.05) is 37.6 Å². The fourth-order valence-corrected chi connectivity index (χ4v) is 4.07. The summed E-state index contributed by atoms with van der Waals surface area (Å²) in [5.41, 5.74) is 7.00. The number of anilines is 2. The highest BCUT2D eigenvalue weighted by molar-refractivity contribution is 6.32. The van der Waals surface area contributed by atoms with Gasteiger partial charge in [-0.05, 0) is 42.4 Å². The van der Waals surface area contributed by atoms with Gasteiger partial charge in [0.2, 0.25) is 0 Å². The van der Waals surface area contributed by atoms with Crippen LogP contribution in [-0.2, 0) is 6.42 Å². The number of nitrogen functional groups attached to an aromatic ring is 1. The van der Waals surface area contributed by atoms with E-state index in [0.29, 0.717) is 24.1 Å².